The van der Waals surface area contributed by atoms with Gasteiger partial charge in [0.05, 0.1) is 7.11 Å². The molecule has 0 spiro atoms. The van der Waals surface area contributed by atoms with Crippen LogP contribution < -0.4 is 0 Å². The fraction of sp³-hybridized carbons (Fsp3) is 0.167. The van der Waals surface area contributed by atoms with E-state index in [-0.39, 0.29) is 11.3 Å². The lowest BCUT2D eigenvalue weighted by molar-refractivity contribution is 0.0595. The molecule has 88 valence electrons. The molecular weight excluding hydrogens is 222 g/mol. The van der Waals surface area contributed by atoms with Crippen molar-refractivity contribution in [1.82, 2.24) is 5.16 Å². The lowest BCUT2D eigenvalue weighted by Gasteiger charge is -2.08. The Kier molecular flexibility index (Phi) is 3.20. The third-order valence-electron chi connectivity index (χ3n) is 2.38. The largest absolute Gasteiger partial charge is 0.465 e. The molecule has 0 fully saturated rings. The van der Waals surface area contributed by atoms with Crippen LogP contribution in [0.5, 0.6) is 0 Å². The molecule has 1 aromatic heterocycles. The minimum absolute atomic E-state index is 0.129. The van der Waals surface area contributed by atoms with Crippen LogP contribution in [0.2, 0.25) is 0 Å². The molecule has 5 heteroatoms. The summed E-state index contributed by atoms with van der Waals surface area (Å²) >= 11 is 0. The van der Waals surface area contributed by atoms with Crippen LogP contribution in [-0.4, -0.2) is 23.3 Å². The molecule has 5 nitrogen and oxygen atoms in total. The number of carbonyl (C=O) groups excluding carboxylic acids is 1. The fourth-order valence-corrected chi connectivity index (χ4v) is 1.50. The fourth-order valence-electron chi connectivity index (χ4n) is 1.50. The lowest BCUT2D eigenvalue weighted by Crippen LogP contribution is -2.08. The summed E-state index contributed by atoms with van der Waals surface area (Å²) < 4.78 is 9.27. The van der Waals surface area contributed by atoms with E-state index in [9.17, 15) is 9.90 Å². The average molecular weight is 233 g/mol. The second-order valence-corrected chi connectivity index (χ2v) is 3.42. The minimum atomic E-state index is -1.01. The summed E-state index contributed by atoms with van der Waals surface area (Å²) in [6.07, 6.45) is 0.150. The van der Waals surface area contributed by atoms with Gasteiger partial charge in [-0.1, -0.05) is 35.5 Å². The molecule has 1 atom stereocenters. The Balaban J connectivity index is 2.35. The molecule has 0 saturated heterocycles. The number of aliphatic hydroxyl groups excluding tert-OH is 1. The van der Waals surface area contributed by atoms with Gasteiger partial charge in [0.1, 0.15) is 23.6 Å². The smallest absolute Gasteiger partial charge is 0.343 e. The van der Waals surface area contributed by atoms with Crippen molar-refractivity contribution in [3.05, 3.63) is 53.4 Å². The number of nitrogens with zero attached hydrogens (tertiary/aromatic N) is 1. The van der Waals surface area contributed by atoms with Gasteiger partial charge in [0.15, 0.2) is 0 Å². The van der Waals surface area contributed by atoms with Crippen LogP contribution in [0.25, 0.3) is 0 Å². The van der Waals surface area contributed by atoms with Crippen molar-refractivity contribution in [2.75, 3.05) is 7.11 Å². The van der Waals surface area contributed by atoms with E-state index in [0.717, 1.165) is 6.26 Å². The molecule has 17 heavy (non-hydrogen) atoms. The van der Waals surface area contributed by atoms with Crippen LogP contribution in [-0.2, 0) is 4.74 Å². The maximum absolute atomic E-state index is 11.4. The van der Waals surface area contributed by atoms with Gasteiger partial charge in [-0.3, -0.25) is 0 Å². The number of carbonyl (C=O) groups is 1. The Hall–Kier alpha value is -2.14. The second-order valence-electron chi connectivity index (χ2n) is 3.42. The Morgan fingerprint density at radius 3 is 2.76 bits per heavy atom. The molecule has 0 saturated carbocycles. The number of esters is 1. The van der Waals surface area contributed by atoms with E-state index < -0.39 is 12.1 Å². The molecule has 0 radical (unpaired) electrons. The predicted molar refractivity (Wildman–Crippen MR) is 58.3 cm³/mol. The number of hydrogen-bond donors (Lipinski definition) is 1. The molecule has 1 N–H and O–H groups in total. The first-order valence-electron chi connectivity index (χ1n) is 4.99. The number of methoxy groups -OCH3 is 1. The molecule has 1 heterocycles. The molecule has 0 aliphatic rings. The summed E-state index contributed by atoms with van der Waals surface area (Å²) in [7, 11) is 1.26. The molecule has 2 rings (SSSR count). The highest BCUT2D eigenvalue weighted by atomic mass is 16.5. The number of aromatic nitrogens is 1. The standard InChI is InChI=1S/C12H11NO4/c1-16-12(15)9-7-17-13-10(9)11(14)8-5-3-2-4-6-8/h2-7,11,14H,1H3/t11-/m1/s1. The van der Waals surface area contributed by atoms with Gasteiger partial charge in [-0.25, -0.2) is 4.79 Å². The normalized spacial score (nSPS) is 12.1. The first-order chi connectivity index (χ1) is 8.24. The summed E-state index contributed by atoms with van der Waals surface area (Å²) in [5, 5.41) is 13.7. The lowest BCUT2D eigenvalue weighted by atomic mass is 10.0. The summed E-state index contributed by atoms with van der Waals surface area (Å²) in [6, 6.07) is 8.88. The highest BCUT2D eigenvalue weighted by molar-refractivity contribution is 5.90. The number of ether oxygens (including phenoxy) is 1. The molecule has 1 aromatic carbocycles. The second kappa shape index (κ2) is 4.80. The van der Waals surface area contributed by atoms with Crippen molar-refractivity contribution in [3.63, 3.8) is 0 Å². The van der Waals surface area contributed by atoms with E-state index in [4.69, 9.17) is 4.52 Å². The quantitative estimate of drug-likeness (QED) is 0.814. The molecule has 0 aliphatic carbocycles. The molecule has 0 unspecified atom stereocenters. The van der Waals surface area contributed by atoms with Crippen molar-refractivity contribution in [2.24, 2.45) is 0 Å². The Morgan fingerprint density at radius 2 is 2.12 bits per heavy atom. The SMILES string of the molecule is COC(=O)c1conc1[C@H](O)c1ccccc1. The average Bonchev–Trinajstić information content (AvgIpc) is 2.87. The Labute approximate surface area is 97.6 Å². The maximum Gasteiger partial charge on any atom is 0.343 e. The van der Waals surface area contributed by atoms with Gasteiger partial charge in [0.2, 0.25) is 0 Å². The predicted octanol–water partition coefficient (Wildman–Crippen LogP) is 1.54. The van der Waals surface area contributed by atoms with Crippen LogP contribution in [0.1, 0.15) is 27.7 Å². The van der Waals surface area contributed by atoms with Gasteiger partial charge in [-0.05, 0) is 5.56 Å². The van der Waals surface area contributed by atoms with E-state index in [1.54, 1.807) is 24.3 Å². The Morgan fingerprint density at radius 1 is 1.41 bits per heavy atom. The first-order valence-corrected chi connectivity index (χ1v) is 4.99. The van der Waals surface area contributed by atoms with E-state index in [2.05, 4.69) is 9.89 Å². The maximum atomic E-state index is 11.4. The summed E-state index contributed by atoms with van der Waals surface area (Å²) in [4.78, 5) is 11.4. The zero-order chi connectivity index (χ0) is 12.3. The van der Waals surface area contributed by atoms with Gasteiger partial charge >= 0.3 is 5.97 Å². The summed E-state index contributed by atoms with van der Waals surface area (Å²) in [5.74, 6) is -0.587. The third kappa shape index (κ3) is 2.19. The number of rotatable bonds is 3. The Bertz CT molecular complexity index is 506. The monoisotopic (exact) mass is 233 g/mol. The van der Waals surface area contributed by atoms with E-state index in [1.165, 1.54) is 7.11 Å². The van der Waals surface area contributed by atoms with Gasteiger partial charge < -0.3 is 14.4 Å². The van der Waals surface area contributed by atoms with Gasteiger partial charge in [-0.2, -0.15) is 0 Å². The van der Waals surface area contributed by atoms with Crippen LogP contribution in [0, 0.1) is 0 Å². The first kappa shape index (κ1) is 11.3. The zero-order valence-electron chi connectivity index (χ0n) is 9.16. The number of benzene rings is 1. The van der Waals surface area contributed by atoms with Crippen LogP contribution in [0.4, 0.5) is 0 Å². The summed E-state index contributed by atoms with van der Waals surface area (Å²) in [5.41, 5.74) is 0.915. The summed E-state index contributed by atoms with van der Waals surface area (Å²) in [6.45, 7) is 0. The van der Waals surface area contributed by atoms with E-state index >= 15 is 0 Å². The van der Waals surface area contributed by atoms with Crippen molar-refractivity contribution in [2.45, 2.75) is 6.10 Å². The van der Waals surface area contributed by atoms with Crippen molar-refractivity contribution < 1.29 is 19.2 Å². The van der Waals surface area contributed by atoms with Crippen LogP contribution >= 0.6 is 0 Å². The highest BCUT2D eigenvalue weighted by Crippen LogP contribution is 2.23. The molecular formula is C12H11NO4. The molecule has 2 aromatic rings. The molecule has 0 aliphatic heterocycles. The minimum Gasteiger partial charge on any atom is -0.465 e. The number of hydrogen-bond acceptors (Lipinski definition) is 5. The van der Waals surface area contributed by atoms with Crippen molar-refractivity contribution in [1.29, 1.82) is 0 Å². The van der Waals surface area contributed by atoms with Crippen LogP contribution in [0.15, 0.2) is 41.1 Å². The number of aliphatic hydroxyl groups is 1. The third-order valence-corrected chi connectivity index (χ3v) is 2.38. The topological polar surface area (TPSA) is 72.6 Å². The van der Waals surface area contributed by atoms with E-state index in [0.29, 0.717) is 5.56 Å². The van der Waals surface area contributed by atoms with Crippen molar-refractivity contribution in [3.8, 4) is 0 Å². The van der Waals surface area contributed by atoms with E-state index in [1.807, 2.05) is 6.07 Å². The van der Waals surface area contributed by atoms with Gasteiger partial charge in [-0.15, -0.1) is 0 Å². The zero-order valence-corrected chi connectivity index (χ0v) is 9.16. The van der Waals surface area contributed by atoms with Gasteiger partial charge in [0, 0.05) is 0 Å². The van der Waals surface area contributed by atoms with Crippen LogP contribution in [0.3, 0.4) is 0 Å². The molecule has 0 amide bonds. The highest BCUT2D eigenvalue weighted by Gasteiger charge is 2.23. The van der Waals surface area contributed by atoms with Gasteiger partial charge in [0.25, 0.3) is 0 Å². The molecule has 0 bridgehead atoms. The van der Waals surface area contributed by atoms with Crippen molar-refractivity contribution >= 4 is 5.97 Å².